The summed E-state index contributed by atoms with van der Waals surface area (Å²) in [7, 11) is 0. The highest BCUT2D eigenvalue weighted by atomic mass is 32.1. The molecule has 0 saturated heterocycles. The molecule has 1 amide bonds. The summed E-state index contributed by atoms with van der Waals surface area (Å²) in [6, 6.07) is 8.58. The van der Waals surface area contributed by atoms with Gasteiger partial charge in [-0.25, -0.2) is 4.98 Å². The van der Waals surface area contributed by atoms with Gasteiger partial charge < -0.3 is 15.4 Å². The summed E-state index contributed by atoms with van der Waals surface area (Å²) in [5, 5.41) is 16.6. The van der Waals surface area contributed by atoms with E-state index in [0.29, 0.717) is 10.9 Å². The van der Waals surface area contributed by atoms with Gasteiger partial charge in [-0.05, 0) is 34.5 Å². The number of carbonyl (C=O) groups excluding carboxylic acids is 1. The average molecular weight is 315 g/mol. The van der Waals surface area contributed by atoms with Gasteiger partial charge in [-0.3, -0.25) is 9.59 Å². The number of nitrogens with one attached hydrogen (secondary N) is 2. The van der Waals surface area contributed by atoms with Crippen LogP contribution in [0.3, 0.4) is 0 Å². The molecule has 2 aromatic heterocycles. The first-order valence-electron chi connectivity index (χ1n) is 6.62. The molecule has 0 aliphatic heterocycles. The number of para-hydroxylation sites is 1. The molecule has 0 aliphatic carbocycles. The zero-order valence-electron chi connectivity index (χ0n) is 11.4. The Morgan fingerprint density at radius 2 is 2.18 bits per heavy atom. The van der Waals surface area contributed by atoms with Crippen molar-refractivity contribution >= 4 is 28.1 Å². The van der Waals surface area contributed by atoms with Gasteiger partial charge in [0.2, 0.25) is 0 Å². The van der Waals surface area contributed by atoms with Crippen LogP contribution >= 0.6 is 11.3 Å². The second kappa shape index (κ2) is 6.08. The molecular formula is C15H13N3O3S. The molecule has 0 fully saturated rings. The number of nitrogens with zero attached hydrogens (tertiary/aromatic N) is 1. The lowest BCUT2D eigenvalue weighted by atomic mass is 10.2. The maximum Gasteiger partial charge on any atom is 0.287 e. The van der Waals surface area contributed by atoms with Gasteiger partial charge in [-0.1, -0.05) is 12.1 Å². The maximum absolute atomic E-state index is 12.1. The van der Waals surface area contributed by atoms with E-state index in [9.17, 15) is 14.7 Å². The Labute approximate surface area is 129 Å². The second-order valence-corrected chi connectivity index (χ2v) is 5.49. The molecule has 0 saturated carbocycles. The summed E-state index contributed by atoms with van der Waals surface area (Å²) >= 11 is 1.47. The van der Waals surface area contributed by atoms with E-state index >= 15 is 0 Å². The standard InChI is InChI=1S/C15H13N3O3S/c19-12(9-5-6-22-8-9)7-16-15(21)13-17-11-4-2-1-3-10(11)14(20)18-13/h1-6,8,12,19H,7H2,(H,16,21)(H,17,18,20). The van der Waals surface area contributed by atoms with Crippen LogP contribution in [0.1, 0.15) is 22.3 Å². The molecule has 3 aromatic rings. The predicted molar refractivity (Wildman–Crippen MR) is 84.0 cm³/mol. The number of hydrogen-bond acceptors (Lipinski definition) is 5. The van der Waals surface area contributed by atoms with E-state index in [-0.39, 0.29) is 17.9 Å². The van der Waals surface area contributed by atoms with Crippen molar-refractivity contribution in [3.05, 3.63) is 62.8 Å². The van der Waals surface area contributed by atoms with E-state index in [2.05, 4.69) is 15.3 Å². The van der Waals surface area contributed by atoms with Crippen LogP contribution in [0.15, 0.2) is 45.9 Å². The number of rotatable bonds is 4. The number of amides is 1. The maximum atomic E-state index is 12.1. The predicted octanol–water partition coefficient (Wildman–Crippen LogP) is 1.45. The van der Waals surface area contributed by atoms with Gasteiger partial charge in [0.15, 0.2) is 5.82 Å². The number of aliphatic hydroxyl groups is 1. The Kier molecular flexibility index (Phi) is 3.99. The van der Waals surface area contributed by atoms with Crippen molar-refractivity contribution < 1.29 is 9.90 Å². The van der Waals surface area contributed by atoms with Crippen molar-refractivity contribution in [1.82, 2.24) is 15.3 Å². The van der Waals surface area contributed by atoms with Crippen molar-refractivity contribution in [1.29, 1.82) is 0 Å². The first-order chi connectivity index (χ1) is 10.6. The Morgan fingerprint density at radius 1 is 1.36 bits per heavy atom. The highest BCUT2D eigenvalue weighted by Crippen LogP contribution is 2.15. The van der Waals surface area contributed by atoms with E-state index < -0.39 is 12.0 Å². The first kappa shape index (κ1) is 14.4. The second-order valence-electron chi connectivity index (χ2n) is 4.71. The molecular weight excluding hydrogens is 302 g/mol. The van der Waals surface area contributed by atoms with Gasteiger partial charge in [-0.15, -0.1) is 0 Å². The molecule has 1 unspecified atom stereocenters. The topological polar surface area (TPSA) is 95.1 Å². The van der Waals surface area contributed by atoms with Crippen LogP contribution < -0.4 is 10.9 Å². The van der Waals surface area contributed by atoms with Crippen LogP contribution in [-0.4, -0.2) is 27.5 Å². The average Bonchev–Trinajstić information content (AvgIpc) is 3.06. The van der Waals surface area contributed by atoms with Crippen molar-refractivity contribution in [2.24, 2.45) is 0 Å². The molecule has 2 heterocycles. The lowest BCUT2D eigenvalue weighted by molar-refractivity contribution is 0.0906. The highest BCUT2D eigenvalue weighted by Gasteiger charge is 2.14. The van der Waals surface area contributed by atoms with Crippen LogP contribution in [0.4, 0.5) is 0 Å². The number of carbonyl (C=O) groups is 1. The van der Waals surface area contributed by atoms with Gasteiger partial charge in [0.1, 0.15) is 0 Å². The zero-order chi connectivity index (χ0) is 15.5. The number of aliphatic hydroxyl groups excluding tert-OH is 1. The molecule has 3 N–H and O–H groups in total. The summed E-state index contributed by atoms with van der Waals surface area (Å²) < 4.78 is 0. The third-order valence-electron chi connectivity index (χ3n) is 3.21. The Bertz CT molecular complexity index is 858. The minimum atomic E-state index is -0.789. The van der Waals surface area contributed by atoms with Crippen LogP contribution in [0, 0.1) is 0 Å². The lowest BCUT2D eigenvalue weighted by Crippen LogP contribution is -2.31. The molecule has 0 radical (unpaired) electrons. The molecule has 6 nitrogen and oxygen atoms in total. The monoisotopic (exact) mass is 315 g/mol. The minimum Gasteiger partial charge on any atom is -0.387 e. The minimum absolute atomic E-state index is 0.0477. The van der Waals surface area contributed by atoms with Crippen molar-refractivity contribution in [2.45, 2.75) is 6.10 Å². The summed E-state index contributed by atoms with van der Waals surface area (Å²) in [5.74, 6) is -0.599. The molecule has 7 heteroatoms. The fraction of sp³-hybridized carbons (Fsp3) is 0.133. The lowest BCUT2D eigenvalue weighted by Gasteiger charge is -2.10. The van der Waals surface area contributed by atoms with Crippen LogP contribution in [0.2, 0.25) is 0 Å². The third kappa shape index (κ3) is 2.90. The fourth-order valence-electron chi connectivity index (χ4n) is 2.05. The number of aromatic amines is 1. The van der Waals surface area contributed by atoms with Gasteiger partial charge >= 0.3 is 0 Å². The molecule has 1 atom stereocenters. The number of aromatic nitrogens is 2. The van der Waals surface area contributed by atoms with E-state index in [0.717, 1.165) is 5.56 Å². The van der Waals surface area contributed by atoms with Gasteiger partial charge in [0.25, 0.3) is 11.5 Å². The van der Waals surface area contributed by atoms with Gasteiger partial charge in [0, 0.05) is 6.54 Å². The van der Waals surface area contributed by atoms with Crippen LogP contribution in [-0.2, 0) is 0 Å². The van der Waals surface area contributed by atoms with Crippen molar-refractivity contribution in [2.75, 3.05) is 6.54 Å². The summed E-state index contributed by atoms with van der Waals surface area (Å²) in [4.78, 5) is 30.5. The molecule has 112 valence electrons. The smallest absolute Gasteiger partial charge is 0.287 e. The van der Waals surface area contributed by atoms with Gasteiger partial charge in [-0.2, -0.15) is 11.3 Å². The number of benzene rings is 1. The Morgan fingerprint density at radius 3 is 2.95 bits per heavy atom. The van der Waals surface area contributed by atoms with Crippen LogP contribution in [0.25, 0.3) is 10.9 Å². The SMILES string of the molecule is O=C(NCC(O)c1ccsc1)c1nc2ccccc2c(=O)[nH]1. The number of thiophene rings is 1. The zero-order valence-corrected chi connectivity index (χ0v) is 12.3. The van der Waals surface area contributed by atoms with Crippen LogP contribution in [0.5, 0.6) is 0 Å². The van der Waals surface area contributed by atoms with E-state index in [1.165, 1.54) is 11.3 Å². The van der Waals surface area contributed by atoms with Gasteiger partial charge in [0.05, 0.1) is 17.0 Å². The highest BCUT2D eigenvalue weighted by molar-refractivity contribution is 7.07. The van der Waals surface area contributed by atoms with E-state index in [4.69, 9.17) is 0 Å². The summed E-state index contributed by atoms with van der Waals surface area (Å²) in [6.45, 7) is 0.0477. The summed E-state index contributed by atoms with van der Waals surface area (Å²) in [6.07, 6.45) is -0.789. The largest absolute Gasteiger partial charge is 0.387 e. The summed E-state index contributed by atoms with van der Waals surface area (Å²) in [5.41, 5.74) is 0.828. The molecule has 0 aliphatic rings. The number of H-pyrrole nitrogens is 1. The van der Waals surface area contributed by atoms with E-state index in [1.54, 1.807) is 30.3 Å². The van der Waals surface area contributed by atoms with Crippen molar-refractivity contribution in [3.8, 4) is 0 Å². The molecule has 22 heavy (non-hydrogen) atoms. The quantitative estimate of drug-likeness (QED) is 0.679. The molecule has 0 bridgehead atoms. The molecule has 1 aromatic carbocycles. The first-order valence-corrected chi connectivity index (χ1v) is 7.57. The number of fused-ring (bicyclic) bond motifs is 1. The Balaban J connectivity index is 1.76. The van der Waals surface area contributed by atoms with E-state index in [1.807, 2.05) is 10.8 Å². The Hall–Kier alpha value is -2.51. The molecule has 0 spiro atoms. The third-order valence-corrected chi connectivity index (χ3v) is 3.91. The normalized spacial score (nSPS) is 12.2. The number of hydrogen-bond donors (Lipinski definition) is 3. The fourth-order valence-corrected chi connectivity index (χ4v) is 2.76. The molecule has 3 rings (SSSR count). The van der Waals surface area contributed by atoms with Crippen molar-refractivity contribution in [3.63, 3.8) is 0 Å².